The third-order valence-electron chi connectivity index (χ3n) is 5.03. The van der Waals surface area contributed by atoms with Crippen molar-refractivity contribution in [2.45, 2.75) is 50.6 Å². The Kier molecular flexibility index (Phi) is 5.16. The number of nitrogens with zero attached hydrogens (tertiary/aromatic N) is 2. The highest BCUT2D eigenvalue weighted by molar-refractivity contribution is 6.30. The van der Waals surface area contributed by atoms with E-state index in [1.54, 1.807) is 23.2 Å². The van der Waals surface area contributed by atoms with E-state index in [-0.39, 0.29) is 24.3 Å². The molecule has 0 spiro atoms. The first-order valence-electron chi connectivity index (χ1n) is 9.40. The van der Waals surface area contributed by atoms with Gasteiger partial charge < -0.3 is 14.6 Å². The van der Waals surface area contributed by atoms with Gasteiger partial charge in [-0.3, -0.25) is 9.59 Å². The molecule has 4 rings (SSSR count). The molecule has 7 heteroatoms. The van der Waals surface area contributed by atoms with Crippen LogP contribution in [-0.2, 0) is 16.0 Å². The predicted octanol–water partition coefficient (Wildman–Crippen LogP) is 3.20. The lowest BCUT2D eigenvalue weighted by atomic mass is 10.2. The molecule has 1 aromatic heterocycles. The maximum absolute atomic E-state index is 12.6. The smallest absolute Gasteiger partial charge is 0.243 e. The number of aromatic nitrogens is 1. The molecule has 1 saturated heterocycles. The molecule has 142 valence electrons. The quantitative estimate of drug-likeness (QED) is 0.825. The lowest BCUT2D eigenvalue weighted by molar-refractivity contribution is -0.138. The number of benzene rings is 1. The summed E-state index contributed by atoms with van der Waals surface area (Å²) < 4.78 is 5.75. The van der Waals surface area contributed by atoms with Gasteiger partial charge in [0.2, 0.25) is 11.8 Å². The number of halogens is 1. The summed E-state index contributed by atoms with van der Waals surface area (Å²) in [6.45, 7) is 0.642. The van der Waals surface area contributed by atoms with Gasteiger partial charge in [-0.05, 0) is 49.9 Å². The van der Waals surface area contributed by atoms with Crippen LogP contribution in [0.15, 0.2) is 34.9 Å². The second-order valence-corrected chi connectivity index (χ2v) is 7.59. The monoisotopic (exact) mass is 387 g/mol. The Bertz CT molecular complexity index is 829. The summed E-state index contributed by atoms with van der Waals surface area (Å²) in [4.78, 5) is 30.9. The van der Waals surface area contributed by atoms with Gasteiger partial charge >= 0.3 is 0 Å². The Balaban J connectivity index is 1.33. The summed E-state index contributed by atoms with van der Waals surface area (Å²) in [6.07, 6.45) is 6.07. The standard InChI is InChI=1S/C20H22ClN3O3/c21-14-5-3-13(4-6-14)17-12-22-18(27-17)9-10-19(25)24-11-1-2-16(24)20(26)23-15-7-8-15/h3-6,12,15-16H,1-2,7-11H2,(H,23,26)/t16-/m1/s1. The van der Waals surface area contributed by atoms with Gasteiger partial charge in [0.05, 0.1) is 6.20 Å². The van der Waals surface area contributed by atoms with Crippen LogP contribution in [0.25, 0.3) is 11.3 Å². The molecule has 1 aliphatic carbocycles. The second-order valence-electron chi connectivity index (χ2n) is 7.15. The zero-order valence-corrected chi connectivity index (χ0v) is 15.7. The third-order valence-corrected chi connectivity index (χ3v) is 5.29. The molecule has 2 amide bonds. The molecular weight excluding hydrogens is 366 g/mol. The molecule has 0 unspecified atom stereocenters. The van der Waals surface area contributed by atoms with Crippen LogP contribution in [0.1, 0.15) is 38.0 Å². The van der Waals surface area contributed by atoms with Crippen molar-refractivity contribution in [1.29, 1.82) is 0 Å². The van der Waals surface area contributed by atoms with E-state index in [9.17, 15) is 9.59 Å². The van der Waals surface area contributed by atoms with Crippen LogP contribution in [-0.4, -0.2) is 40.3 Å². The summed E-state index contributed by atoms with van der Waals surface area (Å²) in [6, 6.07) is 7.31. The predicted molar refractivity (Wildman–Crippen MR) is 101 cm³/mol. The number of aryl methyl sites for hydroxylation is 1. The Morgan fingerprint density at radius 2 is 2.00 bits per heavy atom. The van der Waals surface area contributed by atoms with Gasteiger partial charge in [-0.15, -0.1) is 0 Å². The van der Waals surface area contributed by atoms with Gasteiger partial charge in [0.15, 0.2) is 11.7 Å². The minimum absolute atomic E-state index is 0.00972. The second kappa shape index (κ2) is 7.72. The molecule has 2 fully saturated rings. The zero-order valence-electron chi connectivity index (χ0n) is 15.0. The highest BCUT2D eigenvalue weighted by atomic mass is 35.5. The molecule has 0 bridgehead atoms. The molecule has 1 atom stereocenters. The molecule has 0 radical (unpaired) electrons. The van der Waals surface area contributed by atoms with Crippen LogP contribution in [0.2, 0.25) is 5.02 Å². The average molecular weight is 388 g/mol. The number of amides is 2. The summed E-state index contributed by atoms with van der Waals surface area (Å²) in [7, 11) is 0. The van der Waals surface area contributed by atoms with Crippen molar-refractivity contribution < 1.29 is 14.0 Å². The number of hydrogen-bond donors (Lipinski definition) is 1. The van der Waals surface area contributed by atoms with Crippen LogP contribution < -0.4 is 5.32 Å². The van der Waals surface area contributed by atoms with Crippen LogP contribution in [0.3, 0.4) is 0 Å². The van der Waals surface area contributed by atoms with Crippen molar-refractivity contribution in [2.75, 3.05) is 6.54 Å². The van der Waals surface area contributed by atoms with Crippen molar-refractivity contribution in [3.05, 3.63) is 41.4 Å². The van der Waals surface area contributed by atoms with Gasteiger partial charge in [0.1, 0.15) is 6.04 Å². The minimum atomic E-state index is -0.327. The first kappa shape index (κ1) is 18.0. The number of rotatable bonds is 6. The van der Waals surface area contributed by atoms with Crippen LogP contribution in [0.4, 0.5) is 0 Å². The lowest BCUT2D eigenvalue weighted by Crippen LogP contribution is -2.46. The van der Waals surface area contributed by atoms with Crippen LogP contribution >= 0.6 is 11.6 Å². The van der Waals surface area contributed by atoms with E-state index in [4.69, 9.17) is 16.0 Å². The lowest BCUT2D eigenvalue weighted by Gasteiger charge is -2.23. The molecule has 2 aliphatic rings. The molecule has 2 aromatic rings. The largest absolute Gasteiger partial charge is 0.441 e. The molecule has 1 aliphatic heterocycles. The van der Waals surface area contributed by atoms with Gasteiger partial charge in [0, 0.05) is 36.0 Å². The van der Waals surface area contributed by atoms with E-state index in [1.165, 1.54) is 0 Å². The van der Waals surface area contributed by atoms with Crippen LogP contribution in [0.5, 0.6) is 0 Å². The number of carbonyl (C=O) groups excluding carboxylic acids is 2. The fourth-order valence-electron chi connectivity index (χ4n) is 3.39. The van der Waals surface area contributed by atoms with E-state index in [0.29, 0.717) is 35.7 Å². The normalized spacial score (nSPS) is 19.3. The number of likely N-dealkylation sites (tertiary alicyclic amines) is 1. The zero-order chi connectivity index (χ0) is 18.8. The summed E-state index contributed by atoms with van der Waals surface area (Å²) in [5.41, 5.74) is 0.890. The van der Waals surface area contributed by atoms with Gasteiger partial charge in [-0.2, -0.15) is 0 Å². The van der Waals surface area contributed by atoms with Crippen molar-refractivity contribution in [1.82, 2.24) is 15.2 Å². The summed E-state index contributed by atoms with van der Waals surface area (Å²) in [5.74, 6) is 1.14. The highest BCUT2D eigenvalue weighted by Crippen LogP contribution is 2.25. The molecular formula is C20H22ClN3O3. The molecule has 1 aromatic carbocycles. The SMILES string of the molecule is O=C(NC1CC1)[C@H]1CCCN1C(=O)CCc1ncc(-c2ccc(Cl)cc2)o1. The minimum Gasteiger partial charge on any atom is -0.441 e. The fraction of sp³-hybridized carbons (Fsp3) is 0.450. The highest BCUT2D eigenvalue weighted by Gasteiger charge is 2.36. The van der Waals surface area contributed by atoms with Gasteiger partial charge in [0.25, 0.3) is 0 Å². The van der Waals surface area contributed by atoms with Gasteiger partial charge in [-0.1, -0.05) is 11.6 Å². The van der Waals surface area contributed by atoms with Crippen molar-refractivity contribution >= 4 is 23.4 Å². The van der Waals surface area contributed by atoms with Crippen molar-refractivity contribution in [3.8, 4) is 11.3 Å². The average Bonchev–Trinajstić information content (AvgIpc) is 3.16. The van der Waals surface area contributed by atoms with E-state index >= 15 is 0 Å². The molecule has 1 saturated carbocycles. The number of carbonyl (C=O) groups is 2. The molecule has 6 nitrogen and oxygen atoms in total. The number of hydrogen-bond acceptors (Lipinski definition) is 4. The fourth-order valence-corrected chi connectivity index (χ4v) is 3.52. The Morgan fingerprint density at radius 3 is 2.74 bits per heavy atom. The van der Waals surface area contributed by atoms with E-state index in [0.717, 1.165) is 31.2 Å². The Labute approximate surface area is 162 Å². The van der Waals surface area contributed by atoms with Crippen LogP contribution in [0, 0.1) is 0 Å². The first-order chi connectivity index (χ1) is 13.1. The van der Waals surface area contributed by atoms with E-state index < -0.39 is 0 Å². The number of nitrogens with one attached hydrogen (secondary N) is 1. The maximum Gasteiger partial charge on any atom is 0.243 e. The van der Waals surface area contributed by atoms with Crippen molar-refractivity contribution in [3.63, 3.8) is 0 Å². The van der Waals surface area contributed by atoms with E-state index in [1.807, 2.05) is 12.1 Å². The maximum atomic E-state index is 12.6. The topological polar surface area (TPSA) is 75.4 Å². The summed E-state index contributed by atoms with van der Waals surface area (Å²) >= 11 is 5.90. The van der Waals surface area contributed by atoms with Crippen molar-refractivity contribution in [2.24, 2.45) is 0 Å². The summed E-state index contributed by atoms with van der Waals surface area (Å²) in [5, 5.41) is 3.67. The Morgan fingerprint density at radius 1 is 1.22 bits per heavy atom. The molecule has 2 heterocycles. The first-order valence-corrected chi connectivity index (χ1v) is 9.78. The van der Waals surface area contributed by atoms with E-state index in [2.05, 4.69) is 10.3 Å². The Hall–Kier alpha value is -2.34. The third kappa shape index (κ3) is 4.33. The number of oxazole rings is 1. The molecule has 27 heavy (non-hydrogen) atoms. The molecule has 1 N–H and O–H groups in total. The van der Waals surface area contributed by atoms with Gasteiger partial charge in [-0.25, -0.2) is 4.98 Å².